The van der Waals surface area contributed by atoms with Crippen LogP contribution in [0.1, 0.15) is 27.2 Å². The first-order valence-electron chi connectivity index (χ1n) is 5.75. The molecule has 0 rings (SSSR count). The summed E-state index contributed by atoms with van der Waals surface area (Å²) in [5.74, 6) is -0.787. The second-order valence-corrected chi connectivity index (χ2v) is 9.70. The number of sulfone groups is 1. The van der Waals surface area contributed by atoms with Crippen molar-refractivity contribution in [3.8, 4) is 0 Å². The first-order chi connectivity index (χ1) is 7.87. The minimum Gasteiger partial charge on any atom is -0.330 e. The Labute approximate surface area is 110 Å². The van der Waals surface area contributed by atoms with Gasteiger partial charge in [-0.1, -0.05) is 20.8 Å². The molecule has 0 aliphatic carbocycles. The Morgan fingerprint density at radius 3 is 1.94 bits per heavy atom. The molecule has 8 heteroatoms. The molecule has 0 saturated heterocycles. The number of nitrogens with one attached hydrogen (secondary N) is 1. The topological polar surface area (TPSA) is 106 Å². The molecule has 0 aliphatic heterocycles. The van der Waals surface area contributed by atoms with Gasteiger partial charge >= 0.3 is 0 Å². The van der Waals surface area contributed by atoms with Gasteiger partial charge in [0.2, 0.25) is 10.0 Å². The Bertz CT molecular complexity index is 449. The molecule has 18 heavy (non-hydrogen) atoms. The molecule has 3 N–H and O–H groups in total. The summed E-state index contributed by atoms with van der Waals surface area (Å²) in [6.45, 7) is 6.10. The molecule has 0 saturated carbocycles. The van der Waals surface area contributed by atoms with Crippen LogP contribution in [0, 0.1) is 5.41 Å². The Morgan fingerprint density at radius 1 is 1.11 bits per heavy atom. The van der Waals surface area contributed by atoms with Crippen molar-refractivity contribution in [2.24, 2.45) is 11.1 Å². The molecule has 1 unspecified atom stereocenters. The van der Waals surface area contributed by atoms with E-state index in [1.807, 2.05) is 20.8 Å². The van der Waals surface area contributed by atoms with Crippen molar-refractivity contribution >= 4 is 19.9 Å². The van der Waals surface area contributed by atoms with Crippen molar-refractivity contribution < 1.29 is 16.8 Å². The first kappa shape index (κ1) is 17.8. The molecule has 0 aliphatic rings. The first-order valence-corrected chi connectivity index (χ1v) is 9.46. The molecule has 0 bridgehead atoms. The fraction of sp³-hybridized carbons (Fsp3) is 1.00. The summed E-state index contributed by atoms with van der Waals surface area (Å²) in [4.78, 5) is 0. The van der Waals surface area contributed by atoms with E-state index in [2.05, 4.69) is 4.72 Å². The van der Waals surface area contributed by atoms with Crippen LogP contribution in [0.3, 0.4) is 0 Å². The van der Waals surface area contributed by atoms with E-state index in [0.717, 1.165) is 6.26 Å². The molecule has 0 aromatic carbocycles. The summed E-state index contributed by atoms with van der Waals surface area (Å²) in [5, 5.41) is 0. The minimum absolute atomic E-state index is 0.266. The van der Waals surface area contributed by atoms with Gasteiger partial charge in [-0.25, -0.2) is 21.6 Å². The van der Waals surface area contributed by atoms with Crippen LogP contribution in [0.15, 0.2) is 0 Å². The highest BCUT2D eigenvalue weighted by atomic mass is 32.2. The quantitative estimate of drug-likeness (QED) is 0.672. The average molecular weight is 300 g/mol. The smallest absolute Gasteiger partial charge is 0.212 e. The summed E-state index contributed by atoms with van der Waals surface area (Å²) in [6.07, 6.45) is 1.53. The highest BCUT2D eigenvalue weighted by molar-refractivity contribution is 7.93. The van der Waals surface area contributed by atoms with Crippen LogP contribution in [0.5, 0.6) is 0 Å². The van der Waals surface area contributed by atoms with Crippen LogP contribution in [-0.4, -0.2) is 47.2 Å². The van der Waals surface area contributed by atoms with Crippen LogP contribution in [0.4, 0.5) is 0 Å². The number of nitrogens with two attached hydrogens (primary N) is 1. The largest absolute Gasteiger partial charge is 0.330 e. The average Bonchev–Trinajstić information content (AvgIpc) is 2.12. The van der Waals surface area contributed by atoms with E-state index in [-0.39, 0.29) is 17.2 Å². The normalized spacial score (nSPS) is 15.6. The van der Waals surface area contributed by atoms with Crippen molar-refractivity contribution in [1.29, 1.82) is 0 Å². The van der Waals surface area contributed by atoms with Gasteiger partial charge in [-0.2, -0.15) is 0 Å². The van der Waals surface area contributed by atoms with Gasteiger partial charge in [0, 0.05) is 12.3 Å². The summed E-state index contributed by atoms with van der Waals surface area (Å²) >= 11 is 0. The monoisotopic (exact) mass is 300 g/mol. The van der Waals surface area contributed by atoms with Gasteiger partial charge in [-0.05, 0) is 18.4 Å². The number of hydrogen-bond donors (Lipinski definition) is 2. The second kappa shape index (κ2) is 6.31. The molecule has 110 valence electrons. The van der Waals surface area contributed by atoms with Gasteiger partial charge in [-0.15, -0.1) is 0 Å². The van der Waals surface area contributed by atoms with Gasteiger partial charge in [-0.3, -0.25) is 0 Å². The number of rotatable bonds is 7. The predicted molar refractivity (Wildman–Crippen MR) is 73.5 cm³/mol. The molecule has 1 atom stereocenters. The maximum Gasteiger partial charge on any atom is 0.212 e. The predicted octanol–water partition coefficient (Wildman–Crippen LogP) is -0.286. The van der Waals surface area contributed by atoms with Crippen LogP contribution in [0.2, 0.25) is 0 Å². The maximum absolute atomic E-state index is 11.8. The Balaban J connectivity index is 4.72. The SMILES string of the molecule is CC(C)(C)C(CCN)NS(=O)(=O)CCS(C)(=O)=O. The Morgan fingerprint density at radius 2 is 1.61 bits per heavy atom. The van der Waals surface area contributed by atoms with E-state index in [1.165, 1.54) is 0 Å². The standard InChI is InChI=1S/C10H24N2O4S2/c1-10(2,3)9(5-6-11)12-18(15,16)8-7-17(4,13)14/h9,12H,5-8,11H2,1-4H3. The lowest BCUT2D eigenvalue weighted by atomic mass is 9.85. The minimum atomic E-state index is -3.60. The van der Waals surface area contributed by atoms with Gasteiger partial charge < -0.3 is 5.73 Å². The van der Waals surface area contributed by atoms with E-state index in [4.69, 9.17) is 5.73 Å². The van der Waals surface area contributed by atoms with E-state index in [0.29, 0.717) is 13.0 Å². The Kier molecular flexibility index (Phi) is 6.25. The third-order valence-corrected chi connectivity index (χ3v) is 5.13. The number of sulfonamides is 1. The molecule has 0 heterocycles. The van der Waals surface area contributed by atoms with Crippen LogP contribution in [-0.2, 0) is 19.9 Å². The van der Waals surface area contributed by atoms with Crippen LogP contribution < -0.4 is 10.5 Å². The van der Waals surface area contributed by atoms with E-state index in [9.17, 15) is 16.8 Å². The summed E-state index contributed by atoms with van der Waals surface area (Å²) in [5.41, 5.74) is 5.19. The van der Waals surface area contributed by atoms with Crippen molar-refractivity contribution in [2.45, 2.75) is 33.2 Å². The lowest BCUT2D eigenvalue weighted by molar-refractivity contribution is 0.287. The highest BCUT2D eigenvalue weighted by Crippen LogP contribution is 2.22. The third kappa shape index (κ3) is 8.02. The lowest BCUT2D eigenvalue weighted by Gasteiger charge is -2.31. The molecule has 0 aromatic rings. The van der Waals surface area contributed by atoms with Gasteiger partial charge in [0.25, 0.3) is 0 Å². The fourth-order valence-electron chi connectivity index (χ4n) is 1.37. The molecule has 0 radical (unpaired) electrons. The van der Waals surface area contributed by atoms with Crippen molar-refractivity contribution in [1.82, 2.24) is 4.72 Å². The zero-order valence-corrected chi connectivity index (χ0v) is 13.1. The summed E-state index contributed by atoms with van der Waals surface area (Å²) in [6, 6.07) is -0.299. The third-order valence-electron chi connectivity index (χ3n) is 2.55. The zero-order chi connectivity index (χ0) is 14.6. The van der Waals surface area contributed by atoms with Gasteiger partial charge in [0.05, 0.1) is 11.5 Å². The van der Waals surface area contributed by atoms with Gasteiger partial charge in [0.15, 0.2) is 0 Å². The van der Waals surface area contributed by atoms with Crippen molar-refractivity contribution in [3.05, 3.63) is 0 Å². The second-order valence-electron chi connectivity index (χ2n) is 5.56. The van der Waals surface area contributed by atoms with E-state index < -0.39 is 25.6 Å². The highest BCUT2D eigenvalue weighted by Gasteiger charge is 2.28. The van der Waals surface area contributed by atoms with E-state index in [1.54, 1.807) is 0 Å². The number of hydrogen-bond acceptors (Lipinski definition) is 5. The molecular weight excluding hydrogens is 276 g/mol. The summed E-state index contributed by atoms with van der Waals surface area (Å²) in [7, 11) is -6.89. The fourth-order valence-corrected chi connectivity index (χ4v) is 4.48. The molecule has 0 spiro atoms. The van der Waals surface area contributed by atoms with Crippen molar-refractivity contribution in [2.75, 3.05) is 24.3 Å². The lowest BCUT2D eigenvalue weighted by Crippen LogP contribution is -2.46. The van der Waals surface area contributed by atoms with Crippen molar-refractivity contribution in [3.63, 3.8) is 0 Å². The Hall–Kier alpha value is -0.180. The van der Waals surface area contributed by atoms with Crippen LogP contribution >= 0.6 is 0 Å². The molecule has 0 aromatic heterocycles. The molecule has 6 nitrogen and oxygen atoms in total. The van der Waals surface area contributed by atoms with Gasteiger partial charge in [0.1, 0.15) is 9.84 Å². The maximum atomic E-state index is 11.8. The van der Waals surface area contributed by atoms with Crippen LogP contribution in [0.25, 0.3) is 0 Å². The molecule has 0 fully saturated rings. The molecular formula is C10H24N2O4S2. The summed E-state index contributed by atoms with van der Waals surface area (Å²) < 4.78 is 48.1. The van der Waals surface area contributed by atoms with E-state index >= 15 is 0 Å². The molecule has 0 amide bonds. The zero-order valence-electron chi connectivity index (χ0n) is 11.4.